The molecule has 1 aromatic heterocycles. The van der Waals surface area contributed by atoms with Crippen LogP contribution < -0.4 is 4.74 Å². The summed E-state index contributed by atoms with van der Waals surface area (Å²) in [5.74, 6) is 0.834. The van der Waals surface area contributed by atoms with E-state index in [0.29, 0.717) is 21.5 Å². The third-order valence-electron chi connectivity index (χ3n) is 1.94. The van der Waals surface area contributed by atoms with Crippen molar-refractivity contribution in [2.75, 3.05) is 0 Å². The lowest BCUT2D eigenvalue weighted by molar-refractivity contribution is 0.478. The number of hydrogen-bond donors (Lipinski definition) is 0. The zero-order valence-electron chi connectivity index (χ0n) is 8.52. The van der Waals surface area contributed by atoms with E-state index in [1.54, 1.807) is 30.3 Å². The van der Waals surface area contributed by atoms with Crippen LogP contribution in [0.25, 0.3) is 0 Å². The lowest BCUT2D eigenvalue weighted by atomic mass is 10.3. The molecule has 0 aliphatic carbocycles. The van der Waals surface area contributed by atoms with Crippen LogP contribution >= 0.6 is 23.2 Å². The molecule has 0 saturated carbocycles. The molecule has 0 aliphatic rings. The van der Waals surface area contributed by atoms with Crippen molar-refractivity contribution < 1.29 is 4.74 Å². The van der Waals surface area contributed by atoms with Crippen molar-refractivity contribution in [3.05, 3.63) is 52.3 Å². The lowest BCUT2D eigenvalue weighted by Gasteiger charge is -2.07. The van der Waals surface area contributed by atoms with Gasteiger partial charge in [-0.25, -0.2) is 4.98 Å². The fraction of sp³-hybridized carbons (Fsp3) is 0. The molecule has 0 atom stereocenters. The van der Waals surface area contributed by atoms with Crippen molar-refractivity contribution in [1.82, 2.24) is 4.98 Å². The maximum Gasteiger partial charge on any atom is 0.183 e. The van der Waals surface area contributed by atoms with Crippen molar-refractivity contribution >= 4 is 23.2 Å². The molecule has 0 bridgehead atoms. The Hall–Kier alpha value is -1.76. The third-order valence-corrected chi connectivity index (χ3v) is 2.38. The highest BCUT2D eigenvalue weighted by atomic mass is 35.5. The summed E-state index contributed by atoms with van der Waals surface area (Å²) in [7, 11) is 0. The van der Waals surface area contributed by atoms with Crippen molar-refractivity contribution in [1.29, 1.82) is 5.26 Å². The van der Waals surface area contributed by atoms with Gasteiger partial charge in [-0.05, 0) is 30.3 Å². The SMILES string of the molecule is N#Cc1ncccc1Oc1cc(Cl)cc(Cl)c1. The van der Waals surface area contributed by atoms with E-state index in [1.165, 1.54) is 6.20 Å². The number of nitrogens with zero attached hydrogens (tertiary/aromatic N) is 2. The summed E-state index contributed by atoms with van der Waals surface area (Å²) in [6, 6.07) is 10.1. The number of pyridine rings is 1. The number of ether oxygens (including phenoxy) is 1. The van der Waals surface area contributed by atoms with Gasteiger partial charge in [-0.1, -0.05) is 23.2 Å². The molecule has 0 aliphatic heterocycles. The predicted octanol–water partition coefficient (Wildman–Crippen LogP) is 4.05. The molecule has 1 aromatic carbocycles. The second-order valence-electron chi connectivity index (χ2n) is 3.17. The van der Waals surface area contributed by atoms with Gasteiger partial charge in [-0.15, -0.1) is 0 Å². The zero-order chi connectivity index (χ0) is 12.3. The Kier molecular flexibility index (Phi) is 3.48. The topological polar surface area (TPSA) is 45.9 Å². The fourth-order valence-corrected chi connectivity index (χ4v) is 1.78. The van der Waals surface area contributed by atoms with Crippen LogP contribution in [0, 0.1) is 11.3 Å². The second-order valence-corrected chi connectivity index (χ2v) is 4.04. The highest BCUT2D eigenvalue weighted by Gasteiger charge is 2.06. The Morgan fingerprint density at radius 3 is 2.53 bits per heavy atom. The monoisotopic (exact) mass is 264 g/mol. The molecule has 3 nitrogen and oxygen atoms in total. The van der Waals surface area contributed by atoms with E-state index in [4.69, 9.17) is 33.2 Å². The number of benzene rings is 1. The Morgan fingerprint density at radius 1 is 1.18 bits per heavy atom. The first-order chi connectivity index (χ1) is 8.19. The average molecular weight is 265 g/mol. The summed E-state index contributed by atoms with van der Waals surface area (Å²) in [4.78, 5) is 3.89. The van der Waals surface area contributed by atoms with Crippen LogP contribution in [-0.4, -0.2) is 4.98 Å². The highest BCUT2D eigenvalue weighted by molar-refractivity contribution is 6.34. The maximum atomic E-state index is 8.86. The van der Waals surface area contributed by atoms with Crippen LogP contribution in [0.3, 0.4) is 0 Å². The van der Waals surface area contributed by atoms with Crippen LogP contribution in [0.1, 0.15) is 5.69 Å². The van der Waals surface area contributed by atoms with Gasteiger partial charge in [0.05, 0.1) is 0 Å². The molecule has 2 aromatic rings. The van der Waals surface area contributed by atoms with Gasteiger partial charge >= 0.3 is 0 Å². The van der Waals surface area contributed by atoms with Crippen LogP contribution in [0.5, 0.6) is 11.5 Å². The molecule has 0 radical (unpaired) electrons. The molecule has 0 spiro atoms. The Balaban J connectivity index is 2.35. The standard InChI is InChI=1S/C12H6Cl2N2O/c13-8-4-9(14)6-10(5-8)17-12-2-1-3-16-11(12)7-15/h1-6H. The molecular formula is C12H6Cl2N2O. The molecule has 2 rings (SSSR count). The van der Waals surface area contributed by atoms with Gasteiger partial charge in [0, 0.05) is 16.2 Å². The van der Waals surface area contributed by atoms with Crippen LogP contribution in [0.15, 0.2) is 36.5 Å². The van der Waals surface area contributed by atoms with Gasteiger partial charge in [-0.2, -0.15) is 5.26 Å². The fourth-order valence-electron chi connectivity index (χ4n) is 1.27. The van der Waals surface area contributed by atoms with Gasteiger partial charge in [-0.3, -0.25) is 0 Å². The number of hydrogen-bond acceptors (Lipinski definition) is 3. The average Bonchev–Trinajstić information content (AvgIpc) is 2.28. The minimum absolute atomic E-state index is 0.212. The number of halogens is 2. The first-order valence-corrected chi connectivity index (χ1v) is 5.43. The Morgan fingerprint density at radius 2 is 1.88 bits per heavy atom. The van der Waals surface area contributed by atoms with Gasteiger partial charge in [0.2, 0.25) is 0 Å². The highest BCUT2D eigenvalue weighted by Crippen LogP contribution is 2.29. The quantitative estimate of drug-likeness (QED) is 0.822. The predicted molar refractivity (Wildman–Crippen MR) is 65.5 cm³/mol. The summed E-state index contributed by atoms with van der Waals surface area (Å²) < 4.78 is 5.51. The molecule has 0 unspecified atom stereocenters. The Bertz CT molecular complexity index is 573. The molecule has 0 fully saturated rings. The third kappa shape index (κ3) is 2.88. The molecule has 1 heterocycles. The Labute approximate surface area is 108 Å². The zero-order valence-corrected chi connectivity index (χ0v) is 10.0. The molecule has 84 valence electrons. The summed E-state index contributed by atoms with van der Waals surface area (Å²) in [6.45, 7) is 0. The van der Waals surface area contributed by atoms with Crippen LogP contribution in [-0.2, 0) is 0 Å². The molecule has 0 amide bonds. The first kappa shape index (κ1) is 11.7. The second kappa shape index (κ2) is 5.05. The molecule has 5 heteroatoms. The van der Waals surface area contributed by atoms with Crippen LogP contribution in [0.2, 0.25) is 10.0 Å². The lowest BCUT2D eigenvalue weighted by Crippen LogP contribution is -1.90. The van der Waals surface area contributed by atoms with Gasteiger partial charge in [0.25, 0.3) is 0 Å². The van der Waals surface area contributed by atoms with Crippen molar-refractivity contribution in [3.8, 4) is 17.6 Å². The molecule has 17 heavy (non-hydrogen) atoms. The number of rotatable bonds is 2. The molecular weight excluding hydrogens is 259 g/mol. The van der Waals surface area contributed by atoms with E-state index in [1.807, 2.05) is 6.07 Å². The van der Waals surface area contributed by atoms with E-state index in [0.717, 1.165) is 0 Å². The van der Waals surface area contributed by atoms with Crippen molar-refractivity contribution in [3.63, 3.8) is 0 Å². The van der Waals surface area contributed by atoms with E-state index in [9.17, 15) is 0 Å². The summed E-state index contributed by atoms with van der Waals surface area (Å²) in [5, 5.41) is 9.80. The molecule has 0 N–H and O–H groups in total. The smallest absolute Gasteiger partial charge is 0.183 e. The van der Waals surface area contributed by atoms with Gasteiger partial charge < -0.3 is 4.74 Å². The van der Waals surface area contributed by atoms with E-state index < -0.39 is 0 Å². The summed E-state index contributed by atoms with van der Waals surface area (Å²) in [5.41, 5.74) is 0.212. The van der Waals surface area contributed by atoms with Crippen LogP contribution in [0.4, 0.5) is 0 Å². The largest absolute Gasteiger partial charge is 0.454 e. The van der Waals surface area contributed by atoms with E-state index in [2.05, 4.69) is 4.98 Å². The summed E-state index contributed by atoms with van der Waals surface area (Å²) in [6.07, 6.45) is 1.52. The van der Waals surface area contributed by atoms with Gasteiger partial charge in [0.15, 0.2) is 11.4 Å². The molecule has 0 saturated heterocycles. The minimum atomic E-state index is 0.212. The van der Waals surface area contributed by atoms with Gasteiger partial charge in [0.1, 0.15) is 11.8 Å². The maximum absolute atomic E-state index is 8.86. The van der Waals surface area contributed by atoms with Crippen molar-refractivity contribution in [2.24, 2.45) is 0 Å². The number of nitriles is 1. The van der Waals surface area contributed by atoms with E-state index in [-0.39, 0.29) is 5.69 Å². The first-order valence-electron chi connectivity index (χ1n) is 4.68. The van der Waals surface area contributed by atoms with Crippen molar-refractivity contribution in [2.45, 2.75) is 0 Å². The summed E-state index contributed by atoms with van der Waals surface area (Å²) >= 11 is 11.7. The minimum Gasteiger partial charge on any atom is -0.454 e. The van der Waals surface area contributed by atoms with E-state index >= 15 is 0 Å². The number of aromatic nitrogens is 1. The normalized spacial score (nSPS) is 9.71.